The lowest BCUT2D eigenvalue weighted by Gasteiger charge is -2.24. The molecule has 0 aromatic heterocycles. The van der Waals surface area contributed by atoms with E-state index >= 15 is 0 Å². The normalized spacial score (nSPS) is 11.1. The smallest absolute Gasteiger partial charge is 0.407 e. The Labute approximate surface area is 84.4 Å². The minimum absolute atomic E-state index is 0.0148. The number of aliphatic hydroxyl groups excluding tert-OH is 1. The fourth-order valence-corrected chi connectivity index (χ4v) is 0.916. The van der Waals surface area contributed by atoms with Gasteiger partial charge >= 0.3 is 6.09 Å². The van der Waals surface area contributed by atoms with Crippen LogP contribution < -0.4 is 5.32 Å². The number of rotatable bonds is 6. The van der Waals surface area contributed by atoms with E-state index in [0.29, 0.717) is 13.2 Å². The van der Waals surface area contributed by atoms with Gasteiger partial charge in [-0.3, -0.25) is 0 Å². The minimum atomic E-state index is -0.535. The average Bonchev–Trinajstić information content (AvgIpc) is 2.11. The van der Waals surface area contributed by atoms with Crippen molar-refractivity contribution in [3.63, 3.8) is 0 Å². The van der Waals surface area contributed by atoms with E-state index in [1.165, 1.54) is 0 Å². The Morgan fingerprint density at radius 1 is 1.50 bits per heavy atom. The van der Waals surface area contributed by atoms with Crippen LogP contribution in [0, 0.1) is 0 Å². The van der Waals surface area contributed by atoms with Crippen LogP contribution in [0.1, 0.15) is 20.8 Å². The number of aliphatic hydroxyl groups is 1. The highest BCUT2D eigenvalue weighted by Crippen LogP contribution is 2.06. The van der Waals surface area contributed by atoms with Gasteiger partial charge < -0.3 is 19.9 Å². The fraction of sp³-hybridized carbons (Fsp3) is 0.889. The van der Waals surface area contributed by atoms with Crippen molar-refractivity contribution in [2.75, 3.05) is 26.4 Å². The molecule has 0 aromatic carbocycles. The van der Waals surface area contributed by atoms with Gasteiger partial charge in [-0.2, -0.15) is 0 Å². The molecule has 0 saturated heterocycles. The van der Waals surface area contributed by atoms with E-state index in [2.05, 4.69) is 10.1 Å². The van der Waals surface area contributed by atoms with Crippen molar-refractivity contribution >= 4 is 6.09 Å². The van der Waals surface area contributed by atoms with Crippen LogP contribution in [-0.2, 0) is 9.47 Å². The topological polar surface area (TPSA) is 67.8 Å². The number of carbonyl (C=O) groups is 1. The van der Waals surface area contributed by atoms with Gasteiger partial charge in [0.2, 0.25) is 0 Å². The third kappa shape index (κ3) is 6.68. The zero-order valence-electron chi connectivity index (χ0n) is 9.00. The molecule has 0 spiro atoms. The van der Waals surface area contributed by atoms with E-state index in [4.69, 9.17) is 9.84 Å². The second-order valence-electron chi connectivity index (χ2n) is 3.41. The predicted octanol–water partition coefficient (Wildman–Crippen LogP) is 0.520. The summed E-state index contributed by atoms with van der Waals surface area (Å²) in [5.74, 6) is 0. The molecule has 0 saturated carbocycles. The predicted molar refractivity (Wildman–Crippen MR) is 52.1 cm³/mol. The highest BCUT2D eigenvalue weighted by molar-refractivity contribution is 5.67. The van der Waals surface area contributed by atoms with Crippen molar-refractivity contribution in [2.24, 2.45) is 0 Å². The summed E-state index contributed by atoms with van der Waals surface area (Å²) in [6, 6.07) is 0. The summed E-state index contributed by atoms with van der Waals surface area (Å²) in [5.41, 5.74) is -0.396. The Morgan fingerprint density at radius 3 is 2.64 bits per heavy atom. The van der Waals surface area contributed by atoms with Gasteiger partial charge in [0.1, 0.15) is 6.61 Å². The van der Waals surface area contributed by atoms with Crippen LogP contribution in [0.25, 0.3) is 0 Å². The second-order valence-corrected chi connectivity index (χ2v) is 3.41. The molecule has 0 rings (SSSR count). The molecule has 0 heterocycles. The summed E-state index contributed by atoms with van der Waals surface area (Å²) >= 11 is 0. The van der Waals surface area contributed by atoms with E-state index in [1.54, 1.807) is 0 Å². The number of alkyl carbamates (subject to hydrolysis) is 1. The maximum atomic E-state index is 11.0. The highest BCUT2D eigenvalue weighted by Gasteiger charge is 2.18. The quantitative estimate of drug-likeness (QED) is 0.663. The number of amides is 1. The maximum absolute atomic E-state index is 11.0. The average molecular weight is 205 g/mol. The molecule has 0 aromatic rings. The van der Waals surface area contributed by atoms with Crippen LogP contribution in [0.4, 0.5) is 4.79 Å². The molecule has 84 valence electrons. The van der Waals surface area contributed by atoms with Crippen LogP contribution in [0.15, 0.2) is 0 Å². The van der Waals surface area contributed by atoms with Gasteiger partial charge in [0.15, 0.2) is 0 Å². The lowest BCUT2D eigenvalue weighted by Crippen LogP contribution is -2.40. The molecule has 0 aliphatic rings. The minimum Gasteiger partial charge on any atom is -0.447 e. The van der Waals surface area contributed by atoms with E-state index < -0.39 is 11.7 Å². The summed E-state index contributed by atoms with van der Waals surface area (Å²) in [7, 11) is 0. The second kappa shape index (κ2) is 6.62. The monoisotopic (exact) mass is 205 g/mol. The summed E-state index contributed by atoms with van der Waals surface area (Å²) in [5, 5.41) is 10.9. The molecule has 0 aliphatic carbocycles. The van der Waals surface area contributed by atoms with Crippen molar-refractivity contribution in [2.45, 2.75) is 26.4 Å². The standard InChI is InChI=1S/C9H19NO4/c1-4-14-9(2,3)7-10-8(12)13-6-5-11/h11H,4-7H2,1-3H3,(H,10,12). The first-order chi connectivity index (χ1) is 6.52. The summed E-state index contributed by atoms with van der Waals surface area (Å²) in [6.07, 6.45) is -0.535. The van der Waals surface area contributed by atoms with E-state index in [9.17, 15) is 4.79 Å². The molecule has 0 radical (unpaired) electrons. The number of ether oxygens (including phenoxy) is 2. The number of hydrogen-bond donors (Lipinski definition) is 2. The van der Waals surface area contributed by atoms with Gasteiger partial charge in [0, 0.05) is 13.2 Å². The molecule has 0 fully saturated rings. The van der Waals surface area contributed by atoms with Gasteiger partial charge in [0.05, 0.1) is 12.2 Å². The number of carbonyl (C=O) groups excluding carboxylic acids is 1. The fourth-order valence-electron chi connectivity index (χ4n) is 0.916. The van der Waals surface area contributed by atoms with E-state index in [1.807, 2.05) is 20.8 Å². The Kier molecular flexibility index (Phi) is 6.23. The molecular formula is C9H19NO4. The molecule has 0 unspecified atom stereocenters. The first-order valence-electron chi connectivity index (χ1n) is 4.67. The lowest BCUT2D eigenvalue weighted by molar-refractivity contribution is -0.00917. The Hall–Kier alpha value is -0.810. The first-order valence-corrected chi connectivity index (χ1v) is 4.67. The van der Waals surface area contributed by atoms with Crippen molar-refractivity contribution < 1.29 is 19.4 Å². The van der Waals surface area contributed by atoms with Crippen molar-refractivity contribution in [3.05, 3.63) is 0 Å². The molecule has 5 heteroatoms. The molecule has 5 nitrogen and oxygen atoms in total. The maximum Gasteiger partial charge on any atom is 0.407 e. The lowest BCUT2D eigenvalue weighted by atomic mass is 10.1. The van der Waals surface area contributed by atoms with Crippen LogP contribution in [0.3, 0.4) is 0 Å². The van der Waals surface area contributed by atoms with Crippen molar-refractivity contribution in [1.82, 2.24) is 5.32 Å². The number of hydrogen-bond acceptors (Lipinski definition) is 4. The van der Waals surface area contributed by atoms with Gasteiger partial charge in [-0.1, -0.05) is 0 Å². The zero-order chi connectivity index (χ0) is 11.0. The first kappa shape index (κ1) is 13.2. The van der Waals surface area contributed by atoms with E-state index in [-0.39, 0.29) is 13.2 Å². The molecule has 14 heavy (non-hydrogen) atoms. The third-order valence-corrected chi connectivity index (χ3v) is 1.52. The van der Waals surface area contributed by atoms with Crippen LogP contribution in [0.2, 0.25) is 0 Å². The zero-order valence-corrected chi connectivity index (χ0v) is 9.00. The molecule has 0 bridgehead atoms. The SMILES string of the molecule is CCOC(C)(C)CNC(=O)OCCO. The molecule has 2 N–H and O–H groups in total. The highest BCUT2D eigenvalue weighted by atomic mass is 16.6. The van der Waals surface area contributed by atoms with Gasteiger partial charge in [-0.25, -0.2) is 4.79 Å². The molecule has 0 aliphatic heterocycles. The van der Waals surface area contributed by atoms with Gasteiger partial charge in [-0.05, 0) is 20.8 Å². The Balaban J connectivity index is 3.64. The molecule has 0 atom stereocenters. The van der Waals surface area contributed by atoms with Crippen molar-refractivity contribution in [3.8, 4) is 0 Å². The van der Waals surface area contributed by atoms with Gasteiger partial charge in [-0.15, -0.1) is 0 Å². The van der Waals surface area contributed by atoms with Crippen LogP contribution in [-0.4, -0.2) is 43.2 Å². The van der Waals surface area contributed by atoms with Crippen LogP contribution in [0.5, 0.6) is 0 Å². The molecule has 1 amide bonds. The number of nitrogens with one attached hydrogen (secondary N) is 1. The third-order valence-electron chi connectivity index (χ3n) is 1.52. The van der Waals surface area contributed by atoms with Gasteiger partial charge in [0.25, 0.3) is 0 Å². The largest absolute Gasteiger partial charge is 0.447 e. The Bertz CT molecular complexity index is 170. The Morgan fingerprint density at radius 2 is 2.14 bits per heavy atom. The van der Waals surface area contributed by atoms with E-state index in [0.717, 1.165) is 0 Å². The molecular weight excluding hydrogens is 186 g/mol. The summed E-state index contributed by atoms with van der Waals surface area (Å²) < 4.78 is 9.97. The summed E-state index contributed by atoms with van der Waals surface area (Å²) in [4.78, 5) is 11.0. The summed E-state index contributed by atoms with van der Waals surface area (Å²) in [6.45, 7) is 6.48. The van der Waals surface area contributed by atoms with Crippen LogP contribution >= 0.6 is 0 Å². The van der Waals surface area contributed by atoms with Crippen molar-refractivity contribution in [1.29, 1.82) is 0 Å².